The van der Waals surface area contributed by atoms with Gasteiger partial charge in [0.2, 0.25) is 0 Å². The third-order valence-electron chi connectivity index (χ3n) is 2.77. The molecule has 1 aliphatic rings. The van der Waals surface area contributed by atoms with Crippen LogP contribution in [-0.4, -0.2) is 21.9 Å². The molecule has 0 unspecified atom stereocenters. The van der Waals surface area contributed by atoms with E-state index in [0.29, 0.717) is 12.1 Å². The van der Waals surface area contributed by atoms with Gasteiger partial charge in [-0.15, -0.1) is 0 Å². The van der Waals surface area contributed by atoms with Crippen molar-refractivity contribution in [3.05, 3.63) is 11.9 Å². The van der Waals surface area contributed by atoms with Crippen LogP contribution in [0.15, 0.2) is 6.20 Å². The fourth-order valence-electron chi connectivity index (χ4n) is 1.92. The van der Waals surface area contributed by atoms with Gasteiger partial charge in [0.25, 0.3) is 0 Å². The molecule has 0 amide bonds. The number of rotatable bonds is 3. The molecule has 0 aromatic carbocycles. The first kappa shape index (κ1) is 9.52. The van der Waals surface area contributed by atoms with E-state index in [4.69, 9.17) is 5.73 Å². The van der Waals surface area contributed by atoms with Crippen molar-refractivity contribution in [2.45, 2.75) is 38.3 Å². The Bertz CT molecular complexity index is 312. The Morgan fingerprint density at radius 1 is 1.64 bits per heavy atom. The Morgan fingerprint density at radius 3 is 2.93 bits per heavy atom. The molecule has 4 heteroatoms. The van der Waals surface area contributed by atoms with Gasteiger partial charge in [0.1, 0.15) is 0 Å². The van der Waals surface area contributed by atoms with Crippen LogP contribution in [0.4, 0.5) is 5.69 Å². The first-order valence-electron chi connectivity index (χ1n) is 5.23. The minimum absolute atomic E-state index is 0.397. The SMILES string of the molecule is CCc1nn(C)cc1NC1CC(N)C1. The highest BCUT2D eigenvalue weighted by molar-refractivity contribution is 5.47. The van der Waals surface area contributed by atoms with Crippen molar-refractivity contribution in [1.82, 2.24) is 9.78 Å². The number of hydrogen-bond acceptors (Lipinski definition) is 3. The molecular weight excluding hydrogens is 176 g/mol. The van der Waals surface area contributed by atoms with E-state index in [1.807, 2.05) is 17.9 Å². The normalized spacial score (nSPS) is 25.9. The predicted molar refractivity (Wildman–Crippen MR) is 57.2 cm³/mol. The third-order valence-corrected chi connectivity index (χ3v) is 2.77. The summed E-state index contributed by atoms with van der Waals surface area (Å²) >= 11 is 0. The molecule has 0 aliphatic heterocycles. The lowest BCUT2D eigenvalue weighted by Crippen LogP contribution is -2.44. The monoisotopic (exact) mass is 194 g/mol. The van der Waals surface area contributed by atoms with E-state index in [1.165, 1.54) is 5.69 Å². The van der Waals surface area contributed by atoms with Gasteiger partial charge in [0, 0.05) is 25.3 Å². The Morgan fingerprint density at radius 2 is 2.36 bits per heavy atom. The molecule has 1 aromatic rings. The largest absolute Gasteiger partial charge is 0.379 e. The van der Waals surface area contributed by atoms with E-state index in [0.717, 1.165) is 25.0 Å². The van der Waals surface area contributed by atoms with Crippen molar-refractivity contribution in [2.24, 2.45) is 12.8 Å². The maximum Gasteiger partial charge on any atom is 0.0853 e. The lowest BCUT2D eigenvalue weighted by atomic mass is 9.87. The molecule has 1 aliphatic carbocycles. The highest BCUT2D eigenvalue weighted by Crippen LogP contribution is 2.24. The van der Waals surface area contributed by atoms with E-state index < -0.39 is 0 Å². The van der Waals surface area contributed by atoms with Crippen LogP contribution in [0.25, 0.3) is 0 Å². The molecule has 1 aromatic heterocycles. The van der Waals surface area contributed by atoms with E-state index in [2.05, 4.69) is 17.3 Å². The first-order valence-corrected chi connectivity index (χ1v) is 5.23. The highest BCUT2D eigenvalue weighted by Gasteiger charge is 2.26. The molecule has 1 heterocycles. The van der Waals surface area contributed by atoms with Crippen LogP contribution in [0.1, 0.15) is 25.5 Å². The molecule has 1 fully saturated rings. The van der Waals surface area contributed by atoms with Gasteiger partial charge in [-0.3, -0.25) is 4.68 Å². The predicted octanol–water partition coefficient (Wildman–Crippen LogP) is 0.884. The van der Waals surface area contributed by atoms with Gasteiger partial charge in [-0.1, -0.05) is 6.92 Å². The van der Waals surface area contributed by atoms with Crippen molar-refractivity contribution in [2.75, 3.05) is 5.32 Å². The molecular formula is C10H18N4. The molecule has 0 radical (unpaired) electrons. The second-order valence-corrected chi connectivity index (χ2v) is 4.09. The highest BCUT2D eigenvalue weighted by atomic mass is 15.3. The van der Waals surface area contributed by atoms with E-state index in [1.54, 1.807) is 0 Å². The van der Waals surface area contributed by atoms with Crippen molar-refractivity contribution in [3.8, 4) is 0 Å². The molecule has 2 rings (SSSR count). The first-order chi connectivity index (χ1) is 6.69. The summed E-state index contributed by atoms with van der Waals surface area (Å²) in [7, 11) is 1.96. The van der Waals surface area contributed by atoms with E-state index in [9.17, 15) is 0 Å². The number of nitrogens with one attached hydrogen (secondary N) is 1. The van der Waals surface area contributed by atoms with Crippen LogP contribution in [0.2, 0.25) is 0 Å². The van der Waals surface area contributed by atoms with Crippen molar-refractivity contribution in [3.63, 3.8) is 0 Å². The number of anilines is 1. The quantitative estimate of drug-likeness (QED) is 0.751. The molecule has 0 bridgehead atoms. The molecule has 4 nitrogen and oxygen atoms in total. The summed E-state index contributed by atoms with van der Waals surface area (Å²) in [6.07, 6.45) is 5.18. The average molecular weight is 194 g/mol. The zero-order valence-electron chi connectivity index (χ0n) is 8.83. The van der Waals surface area contributed by atoms with Crippen LogP contribution in [0, 0.1) is 0 Å². The van der Waals surface area contributed by atoms with Crippen molar-refractivity contribution >= 4 is 5.69 Å². The van der Waals surface area contributed by atoms with Gasteiger partial charge in [-0.25, -0.2) is 0 Å². The Labute approximate surface area is 84.5 Å². The third kappa shape index (κ3) is 1.75. The molecule has 1 saturated carbocycles. The summed E-state index contributed by atoms with van der Waals surface area (Å²) in [4.78, 5) is 0. The minimum Gasteiger partial charge on any atom is -0.379 e. The Kier molecular flexibility index (Phi) is 2.46. The molecule has 3 N–H and O–H groups in total. The van der Waals surface area contributed by atoms with Crippen LogP contribution in [0.3, 0.4) is 0 Å². The molecule has 0 spiro atoms. The number of aromatic nitrogens is 2. The lowest BCUT2D eigenvalue weighted by molar-refractivity contribution is 0.373. The summed E-state index contributed by atoms with van der Waals surface area (Å²) in [6.45, 7) is 2.13. The smallest absolute Gasteiger partial charge is 0.0853 e. The zero-order chi connectivity index (χ0) is 10.1. The number of aryl methyl sites for hydroxylation is 2. The van der Waals surface area contributed by atoms with Crippen LogP contribution in [-0.2, 0) is 13.5 Å². The van der Waals surface area contributed by atoms with Crippen LogP contribution in [0.5, 0.6) is 0 Å². The van der Waals surface area contributed by atoms with Gasteiger partial charge in [-0.2, -0.15) is 5.10 Å². The summed E-state index contributed by atoms with van der Waals surface area (Å²) in [5, 5.41) is 7.87. The maximum absolute atomic E-state index is 5.74. The molecule has 14 heavy (non-hydrogen) atoms. The maximum atomic E-state index is 5.74. The number of nitrogens with zero attached hydrogens (tertiary/aromatic N) is 2. The zero-order valence-corrected chi connectivity index (χ0v) is 8.83. The molecule has 78 valence electrons. The van der Waals surface area contributed by atoms with Gasteiger partial charge in [0.05, 0.1) is 11.4 Å². The molecule has 0 saturated heterocycles. The number of hydrogen-bond donors (Lipinski definition) is 2. The van der Waals surface area contributed by atoms with E-state index >= 15 is 0 Å². The fourth-order valence-corrected chi connectivity index (χ4v) is 1.92. The number of nitrogens with two attached hydrogens (primary N) is 1. The summed E-state index contributed by atoms with van der Waals surface area (Å²) in [5.74, 6) is 0. The fraction of sp³-hybridized carbons (Fsp3) is 0.700. The average Bonchev–Trinajstić information content (AvgIpc) is 2.43. The summed E-state index contributed by atoms with van der Waals surface area (Å²) in [5.41, 5.74) is 8.06. The standard InChI is InChI=1S/C10H18N4/c1-3-9-10(6-14(2)13-9)12-8-4-7(11)5-8/h6-8,12H,3-5,11H2,1-2H3. The van der Waals surface area contributed by atoms with Crippen LogP contribution < -0.4 is 11.1 Å². The topological polar surface area (TPSA) is 55.9 Å². The molecule has 0 atom stereocenters. The van der Waals surface area contributed by atoms with Gasteiger partial charge in [-0.05, 0) is 19.3 Å². The summed E-state index contributed by atoms with van der Waals surface area (Å²) < 4.78 is 1.86. The van der Waals surface area contributed by atoms with Crippen molar-refractivity contribution in [1.29, 1.82) is 0 Å². The lowest BCUT2D eigenvalue weighted by Gasteiger charge is -2.33. The Balaban J connectivity index is 2.01. The Hall–Kier alpha value is -1.03. The van der Waals surface area contributed by atoms with Crippen LogP contribution >= 0.6 is 0 Å². The van der Waals surface area contributed by atoms with Crippen molar-refractivity contribution < 1.29 is 0 Å². The summed E-state index contributed by atoms with van der Waals surface area (Å²) in [6, 6.07) is 0.953. The van der Waals surface area contributed by atoms with Gasteiger partial charge < -0.3 is 11.1 Å². The second-order valence-electron chi connectivity index (χ2n) is 4.09. The van der Waals surface area contributed by atoms with E-state index in [-0.39, 0.29) is 0 Å². The second kappa shape index (κ2) is 3.61. The van der Waals surface area contributed by atoms with Gasteiger partial charge in [0.15, 0.2) is 0 Å². The minimum atomic E-state index is 0.397. The van der Waals surface area contributed by atoms with Gasteiger partial charge >= 0.3 is 0 Å².